The number of nitrogens with one attached hydrogen (secondary N) is 1. The van der Waals surface area contributed by atoms with Crippen molar-refractivity contribution in [1.82, 2.24) is 15.1 Å². The van der Waals surface area contributed by atoms with Gasteiger partial charge in [0.2, 0.25) is 11.8 Å². The van der Waals surface area contributed by atoms with Crippen molar-refractivity contribution >= 4 is 11.7 Å². The van der Waals surface area contributed by atoms with E-state index in [0.29, 0.717) is 30.4 Å². The van der Waals surface area contributed by atoms with Crippen molar-refractivity contribution in [2.75, 3.05) is 18.4 Å². The maximum Gasteiger partial charge on any atom is 0.321 e. The molecule has 0 spiro atoms. The molecule has 0 unspecified atom stereocenters. The molecule has 2 amide bonds. The molecule has 3 aromatic rings. The molecule has 0 atom stereocenters. The van der Waals surface area contributed by atoms with Crippen LogP contribution in [-0.4, -0.2) is 34.2 Å². The van der Waals surface area contributed by atoms with Gasteiger partial charge >= 0.3 is 6.03 Å². The molecule has 0 saturated carbocycles. The van der Waals surface area contributed by atoms with Crippen LogP contribution >= 0.6 is 0 Å². The van der Waals surface area contributed by atoms with Crippen LogP contribution in [0.2, 0.25) is 0 Å². The number of halogens is 1. The number of para-hydroxylation sites is 1. The summed E-state index contributed by atoms with van der Waals surface area (Å²) in [6.45, 7) is 3.21. The Labute approximate surface area is 162 Å². The van der Waals surface area contributed by atoms with Crippen molar-refractivity contribution in [3.8, 4) is 11.5 Å². The van der Waals surface area contributed by atoms with E-state index in [2.05, 4.69) is 15.5 Å². The summed E-state index contributed by atoms with van der Waals surface area (Å²) in [5.74, 6) is 0.761. The normalized spacial score (nSPS) is 14.9. The molecule has 1 aliphatic heterocycles. The molecule has 2 heterocycles. The van der Waals surface area contributed by atoms with E-state index in [1.165, 1.54) is 12.1 Å². The van der Waals surface area contributed by atoms with Crippen LogP contribution in [0.5, 0.6) is 0 Å². The number of piperidine rings is 1. The van der Waals surface area contributed by atoms with E-state index in [0.717, 1.165) is 24.1 Å². The summed E-state index contributed by atoms with van der Waals surface area (Å²) in [6.07, 6.45) is 1.51. The van der Waals surface area contributed by atoms with Gasteiger partial charge in [0.15, 0.2) is 0 Å². The highest BCUT2D eigenvalue weighted by atomic mass is 19.1. The summed E-state index contributed by atoms with van der Waals surface area (Å²) in [6, 6.07) is 13.6. The molecule has 7 heteroatoms. The zero-order chi connectivity index (χ0) is 19.5. The number of aryl methyl sites for hydroxylation is 1. The first kappa shape index (κ1) is 18.2. The van der Waals surface area contributed by atoms with Gasteiger partial charge in [-0.2, -0.15) is 0 Å². The summed E-state index contributed by atoms with van der Waals surface area (Å²) in [5.41, 5.74) is 2.55. The Morgan fingerprint density at radius 3 is 2.54 bits per heavy atom. The quantitative estimate of drug-likeness (QED) is 0.721. The summed E-state index contributed by atoms with van der Waals surface area (Å²) in [4.78, 5) is 14.3. The topological polar surface area (TPSA) is 71.3 Å². The fraction of sp³-hybridized carbons (Fsp3) is 0.286. The highest BCUT2D eigenvalue weighted by Crippen LogP contribution is 2.29. The molecule has 6 nitrogen and oxygen atoms in total. The molecule has 0 aliphatic carbocycles. The zero-order valence-corrected chi connectivity index (χ0v) is 15.6. The molecule has 144 valence electrons. The van der Waals surface area contributed by atoms with E-state index >= 15 is 0 Å². The predicted molar refractivity (Wildman–Crippen MR) is 103 cm³/mol. The molecule has 0 bridgehead atoms. The largest absolute Gasteiger partial charge is 0.420 e. The first-order valence-corrected chi connectivity index (χ1v) is 9.31. The Morgan fingerprint density at radius 2 is 1.82 bits per heavy atom. The number of nitrogens with zero attached hydrogens (tertiary/aromatic N) is 3. The molecular weight excluding hydrogens is 359 g/mol. The van der Waals surface area contributed by atoms with Crippen LogP contribution < -0.4 is 5.32 Å². The van der Waals surface area contributed by atoms with E-state index in [1.54, 1.807) is 17.0 Å². The minimum absolute atomic E-state index is 0.0923. The average molecular weight is 380 g/mol. The van der Waals surface area contributed by atoms with Gasteiger partial charge in [0.05, 0.1) is 0 Å². The van der Waals surface area contributed by atoms with E-state index in [9.17, 15) is 9.18 Å². The molecule has 2 aromatic carbocycles. The molecule has 0 radical (unpaired) electrons. The van der Waals surface area contributed by atoms with E-state index in [1.807, 2.05) is 31.2 Å². The van der Waals surface area contributed by atoms with Crippen molar-refractivity contribution in [3.05, 3.63) is 65.8 Å². The minimum atomic E-state index is -0.306. The number of hydrogen-bond donors (Lipinski definition) is 1. The summed E-state index contributed by atoms with van der Waals surface area (Å²) < 4.78 is 18.8. The lowest BCUT2D eigenvalue weighted by Crippen LogP contribution is -2.40. The number of aromatic nitrogens is 2. The number of likely N-dealkylation sites (tertiary alicyclic amines) is 1. The lowest BCUT2D eigenvalue weighted by molar-refractivity contribution is 0.190. The second kappa shape index (κ2) is 7.80. The Morgan fingerprint density at radius 1 is 1.11 bits per heavy atom. The first-order chi connectivity index (χ1) is 13.6. The number of benzene rings is 2. The van der Waals surface area contributed by atoms with Gasteiger partial charge in [-0.1, -0.05) is 18.2 Å². The summed E-state index contributed by atoms with van der Waals surface area (Å²) in [7, 11) is 0. The number of carbonyl (C=O) groups is 1. The molecule has 4 rings (SSSR count). The van der Waals surface area contributed by atoms with Crippen LogP contribution in [0.3, 0.4) is 0 Å². The number of rotatable bonds is 3. The highest BCUT2D eigenvalue weighted by Gasteiger charge is 2.27. The molecule has 1 saturated heterocycles. The third kappa shape index (κ3) is 3.88. The fourth-order valence-corrected chi connectivity index (χ4v) is 3.35. The maximum atomic E-state index is 13.1. The lowest BCUT2D eigenvalue weighted by Gasteiger charge is -2.30. The summed E-state index contributed by atoms with van der Waals surface area (Å²) in [5, 5.41) is 11.2. The Kier molecular flexibility index (Phi) is 5.06. The third-order valence-electron chi connectivity index (χ3n) is 5.05. The summed E-state index contributed by atoms with van der Waals surface area (Å²) >= 11 is 0. The van der Waals surface area contributed by atoms with Crippen molar-refractivity contribution in [2.24, 2.45) is 0 Å². The lowest BCUT2D eigenvalue weighted by atomic mass is 9.97. The molecule has 1 aliphatic rings. The van der Waals surface area contributed by atoms with Crippen LogP contribution in [0.15, 0.2) is 52.9 Å². The Bertz CT molecular complexity index is 963. The smallest absolute Gasteiger partial charge is 0.321 e. The molecular formula is C21H21FN4O2. The number of anilines is 1. The highest BCUT2D eigenvalue weighted by molar-refractivity contribution is 5.90. The van der Waals surface area contributed by atoms with Crippen LogP contribution in [0.1, 0.15) is 30.2 Å². The number of urea groups is 1. The maximum absolute atomic E-state index is 13.1. The van der Waals surface area contributed by atoms with Crippen LogP contribution in [0, 0.1) is 12.7 Å². The van der Waals surface area contributed by atoms with E-state index in [4.69, 9.17) is 4.42 Å². The molecule has 1 aromatic heterocycles. The second-order valence-corrected chi connectivity index (χ2v) is 6.96. The standard InChI is InChI=1S/C21H21FN4O2/c1-14-4-2-3-5-18(14)23-21(27)26-12-10-16(11-13-26)20-25-24-19(28-20)15-6-8-17(22)9-7-15/h2-9,16H,10-13H2,1H3,(H,23,27). The fourth-order valence-electron chi connectivity index (χ4n) is 3.35. The van der Waals surface area contributed by atoms with Gasteiger partial charge in [0, 0.05) is 30.3 Å². The van der Waals surface area contributed by atoms with Crippen molar-refractivity contribution in [2.45, 2.75) is 25.7 Å². The van der Waals surface area contributed by atoms with Crippen LogP contribution in [0.25, 0.3) is 11.5 Å². The SMILES string of the molecule is Cc1ccccc1NC(=O)N1CCC(c2nnc(-c3ccc(F)cc3)o2)CC1. The van der Waals surface area contributed by atoms with Gasteiger partial charge in [0.1, 0.15) is 5.82 Å². The second-order valence-electron chi connectivity index (χ2n) is 6.96. The van der Waals surface area contributed by atoms with E-state index in [-0.39, 0.29) is 17.8 Å². The van der Waals surface area contributed by atoms with Crippen LogP contribution in [-0.2, 0) is 0 Å². The van der Waals surface area contributed by atoms with Gasteiger partial charge in [-0.3, -0.25) is 0 Å². The van der Waals surface area contributed by atoms with Gasteiger partial charge in [-0.25, -0.2) is 9.18 Å². The van der Waals surface area contributed by atoms with Gasteiger partial charge < -0.3 is 14.6 Å². The number of carbonyl (C=O) groups excluding carboxylic acids is 1. The van der Waals surface area contributed by atoms with Gasteiger partial charge in [-0.05, 0) is 55.7 Å². The first-order valence-electron chi connectivity index (χ1n) is 9.31. The van der Waals surface area contributed by atoms with E-state index < -0.39 is 0 Å². The van der Waals surface area contributed by atoms with Crippen molar-refractivity contribution < 1.29 is 13.6 Å². The van der Waals surface area contributed by atoms with Crippen molar-refractivity contribution in [3.63, 3.8) is 0 Å². The zero-order valence-electron chi connectivity index (χ0n) is 15.6. The number of amides is 2. The predicted octanol–water partition coefficient (Wildman–Crippen LogP) is 4.60. The van der Waals surface area contributed by atoms with Gasteiger partial charge in [0.25, 0.3) is 0 Å². The monoisotopic (exact) mass is 380 g/mol. The molecule has 1 fully saturated rings. The van der Waals surface area contributed by atoms with Crippen LogP contribution in [0.4, 0.5) is 14.9 Å². The Hall–Kier alpha value is -3.22. The third-order valence-corrected chi connectivity index (χ3v) is 5.05. The average Bonchev–Trinajstić information content (AvgIpc) is 3.20. The number of hydrogen-bond acceptors (Lipinski definition) is 4. The van der Waals surface area contributed by atoms with Gasteiger partial charge in [-0.15, -0.1) is 10.2 Å². The minimum Gasteiger partial charge on any atom is -0.420 e. The molecule has 28 heavy (non-hydrogen) atoms. The van der Waals surface area contributed by atoms with Crippen molar-refractivity contribution in [1.29, 1.82) is 0 Å². The molecule has 1 N–H and O–H groups in total. The Balaban J connectivity index is 1.36.